The van der Waals surface area contributed by atoms with Gasteiger partial charge in [0.2, 0.25) is 0 Å². The number of aromatic nitrogens is 1. The summed E-state index contributed by atoms with van der Waals surface area (Å²) in [5, 5.41) is 6.03. The number of H-pyrrole nitrogens is 1. The predicted molar refractivity (Wildman–Crippen MR) is 117 cm³/mol. The van der Waals surface area contributed by atoms with Gasteiger partial charge in [0, 0.05) is 22.3 Å². The number of rotatable bonds is 3. The van der Waals surface area contributed by atoms with Crippen molar-refractivity contribution in [2.24, 2.45) is 16.5 Å². The number of fused-ring (bicyclic) bond motifs is 3. The molecule has 0 saturated heterocycles. The molecular weight excluding hydrogens is 423 g/mol. The molecule has 160 valence electrons. The molecule has 1 aromatic heterocycles. The van der Waals surface area contributed by atoms with Crippen LogP contribution in [0.25, 0.3) is 10.9 Å². The Bertz CT molecular complexity index is 1200. The molecule has 0 unspecified atom stereocenters. The minimum absolute atomic E-state index is 0.0870. The Morgan fingerprint density at radius 3 is 2.68 bits per heavy atom. The highest BCUT2D eigenvalue weighted by Gasteiger charge is 2.34. The zero-order valence-electron chi connectivity index (χ0n) is 16.3. The number of carbonyl (C=O) groups excluding carboxylic acids is 2. The fourth-order valence-corrected chi connectivity index (χ4v) is 3.99. The highest BCUT2D eigenvalue weighted by Crippen LogP contribution is 2.36. The minimum atomic E-state index is -0.951. The van der Waals surface area contributed by atoms with Gasteiger partial charge in [0.25, 0.3) is 0 Å². The minimum Gasteiger partial charge on any atom is -0.370 e. The number of nitrogens with one attached hydrogen (secondary N) is 3. The third-order valence-corrected chi connectivity index (χ3v) is 5.52. The fraction of sp³-hybridized carbons (Fsp3) is 0.190. The first-order valence-corrected chi connectivity index (χ1v) is 9.96. The quantitative estimate of drug-likeness (QED) is 0.241. The third-order valence-electron chi connectivity index (χ3n) is 5.22. The second-order valence-electron chi connectivity index (χ2n) is 7.26. The summed E-state index contributed by atoms with van der Waals surface area (Å²) in [6.07, 6.45) is 1.30. The molecule has 0 saturated carbocycles. The van der Waals surface area contributed by atoms with E-state index in [4.69, 9.17) is 23.1 Å². The summed E-state index contributed by atoms with van der Waals surface area (Å²) >= 11 is 5.64. The summed E-state index contributed by atoms with van der Waals surface area (Å²) < 4.78 is 13.6. The van der Waals surface area contributed by atoms with Crippen LogP contribution in [0.1, 0.15) is 23.7 Å². The third kappa shape index (κ3) is 4.17. The number of halogens is 2. The monoisotopic (exact) mass is 442 g/mol. The van der Waals surface area contributed by atoms with Gasteiger partial charge in [-0.2, -0.15) is 0 Å². The van der Waals surface area contributed by atoms with Crippen molar-refractivity contribution in [1.82, 2.24) is 10.3 Å². The molecule has 7 N–H and O–H groups in total. The molecule has 2 atom stereocenters. The van der Waals surface area contributed by atoms with E-state index < -0.39 is 29.7 Å². The number of aromatic amines is 1. The van der Waals surface area contributed by atoms with E-state index in [-0.39, 0.29) is 16.7 Å². The second-order valence-corrected chi connectivity index (χ2v) is 7.66. The van der Waals surface area contributed by atoms with Crippen LogP contribution < -0.4 is 22.1 Å². The smallest absolute Gasteiger partial charge is 0.313 e. The van der Waals surface area contributed by atoms with Crippen molar-refractivity contribution in [1.29, 1.82) is 0 Å². The maximum Gasteiger partial charge on any atom is 0.313 e. The zero-order chi connectivity index (χ0) is 22.1. The van der Waals surface area contributed by atoms with Gasteiger partial charge >= 0.3 is 11.8 Å². The lowest BCUT2D eigenvalue weighted by atomic mass is 9.87. The predicted octanol–water partition coefficient (Wildman–Crippen LogP) is 2.34. The topological polar surface area (TPSA) is 138 Å². The van der Waals surface area contributed by atoms with Crippen molar-refractivity contribution >= 4 is 46.0 Å². The first kappa shape index (κ1) is 20.7. The molecule has 1 aliphatic carbocycles. The Hall–Kier alpha value is -3.59. The number of amides is 2. The van der Waals surface area contributed by atoms with E-state index in [1.54, 1.807) is 0 Å². The number of carbonyl (C=O) groups is 2. The summed E-state index contributed by atoms with van der Waals surface area (Å²) in [6, 6.07) is 10.4. The van der Waals surface area contributed by atoms with Crippen molar-refractivity contribution in [3.05, 3.63) is 64.6 Å². The lowest BCUT2D eigenvalue weighted by Gasteiger charge is -2.29. The number of para-hydroxylation sites is 1. The van der Waals surface area contributed by atoms with Crippen molar-refractivity contribution in [2.45, 2.75) is 24.9 Å². The number of guanidine groups is 1. The van der Waals surface area contributed by atoms with Gasteiger partial charge in [-0.15, -0.1) is 0 Å². The largest absolute Gasteiger partial charge is 0.370 e. The van der Waals surface area contributed by atoms with E-state index in [1.807, 2.05) is 24.3 Å². The molecule has 0 spiro atoms. The van der Waals surface area contributed by atoms with Gasteiger partial charge in [0.05, 0.1) is 17.1 Å². The number of nitrogens with two attached hydrogens (primary N) is 2. The van der Waals surface area contributed by atoms with E-state index in [0.717, 1.165) is 28.2 Å². The molecule has 0 fully saturated rings. The molecule has 0 bridgehead atoms. The second kappa shape index (κ2) is 8.27. The lowest BCUT2D eigenvalue weighted by Crippen LogP contribution is -2.44. The average molecular weight is 443 g/mol. The van der Waals surface area contributed by atoms with Crippen LogP contribution in [0, 0.1) is 5.82 Å². The van der Waals surface area contributed by atoms with Gasteiger partial charge in [0.15, 0.2) is 5.96 Å². The Labute approximate surface area is 181 Å². The fourth-order valence-electron chi connectivity index (χ4n) is 3.87. The summed E-state index contributed by atoms with van der Waals surface area (Å²) in [4.78, 5) is 32.6. The Kier molecular flexibility index (Phi) is 5.51. The number of hydrogen-bond acceptors (Lipinski definition) is 3. The number of aliphatic imine (C=N–C) groups is 1. The van der Waals surface area contributed by atoms with Gasteiger partial charge in [-0.05, 0) is 42.7 Å². The van der Waals surface area contributed by atoms with Crippen molar-refractivity contribution in [3.8, 4) is 0 Å². The standard InChI is InChI=1S/C21H20ClFN6O2/c22-13-7-5-10(9-14(13)23)26-19(30)20(31)29-18-16(28-21(24)25)8-6-12-11-3-1-2-4-15(11)27-17(12)18/h1-5,7,9,16,18,27H,6,8H2,(H,26,30)(H,29,31)(H4,24,25,28)/t16-,18+/m0/s1. The molecule has 1 heterocycles. The van der Waals surface area contributed by atoms with Gasteiger partial charge in [-0.25, -0.2) is 9.38 Å². The Morgan fingerprint density at radius 1 is 1.16 bits per heavy atom. The van der Waals surface area contributed by atoms with Crippen molar-refractivity contribution in [2.75, 3.05) is 5.32 Å². The molecule has 2 amide bonds. The number of aryl methyl sites for hydroxylation is 1. The van der Waals surface area contributed by atoms with E-state index in [9.17, 15) is 14.0 Å². The van der Waals surface area contributed by atoms with Crippen LogP contribution in [-0.2, 0) is 16.0 Å². The van der Waals surface area contributed by atoms with Crippen LogP contribution in [0.4, 0.5) is 10.1 Å². The first-order chi connectivity index (χ1) is 14.8. The van der Waals surface area contributed by atoms with E-state index in [1.165, 1.54) is 12.1 Å². The molecule has 3 aromatic rings. The maximum atomic E-state index is 13.6. The Balaban J connectivity index is 1.60. The summed E-state index contributed by atoms with van der Waals surface area (Å²) in [5.74, 6) is -2.66. The van der Waals surface area contributed by atoms with E-state index in [0.29, 0.717) is 12.8 Å². The first-order valence-electron chi connectivity index (χ1n) is 9.58. The number of nitrogens with zero attached hydrogens (tertiary/aromatic N) is 1. The number of hydrogen-bond donors (Lipinski definition) is 5. The van der Waals surface area contributed by atoms with E-state index in [2.05, 4.69) is 20.6 Å². The summed E-state index contributed by atoms with van der Waals surface area (Å²) in [7, 11) is 0. The van der Waals surface area contributed by atoms with Crippen LogP contribution in [0.5, 0.6) is 0 Å². The molecule has 2 aromatic carbocycles. The highest BCUT2D eigenvalue weighted by molar-refractivity contribution is 6.39. The summed E-state index contributed by atoms with van der Waals surface area (Å²) in [5.41, 5.74) is 14.0. The van der Waals surface area contributed by atoms with Crippen molar-refractivity contribution < 1.29 is 14.0 Å². The molecule has 31 heavy (non-hydrogen) atoms. The van der Waals surface area contributed by atoms with Gasteiger partial charge in [0.1, 0.15) is 5.82 Å². The zero-order valence-corrected chi connectivity index (χ0v) is 17.0. The molecule has 0 aliphatic heterocycles. The molecular formula is C21H20ClFN6O2. The maximum absolute atomic E-state index is 13.6. The lowest BCUT2D eigenvalue weighted by molar-refractivity contribution is -0.136. The van der Waals surface area contributed by atoms with Crippen LogP contribution in [0.2, 0.25) is 5.02 Å². The molecule has 4 rings (SSSR count). The van der Waals surface area contributed by atoms with E-state index >= 15 is 0 Å². The normalized spacial score (nSPS) is 17.6. The van der Waals surface area contributed by atoms with Gasteiger partial charge < -0.3 is 27.1 Å². The number of benzene rings is 2. The summed E-state index contributed by atoms with van der Waals surface area (Å²) in [6.45, 7) is 0. The Morgan fingerprint density at radius 2 is 1.94 bits per heavy atom. The van der Waals surface area contributed by atoms with Gasteiger partial charge in [-0.1, -0.05) is 29.8 Å². The van der Waals surface area contributed by atoms with Gasteiger partial charge in [-0.3, -0.25) is 9.59 Å². The van der Waals surface area contributed by atoms with Crippen LogP contribution in [0.15, 0.2) is 47.5 Å². The number of anilines is 1. The highest BCUT2D eigenvalue weighted by atomic mass is 35.5. The molecule has 8 nitrogen and oxygen atoms in total. The molecule has 10 heteroatoms. The van der Waals surface area contributed by atoms with Crippen LogP contribution in [-0.4, -0.2) is 28.8 Å². The molecule has 1 aliphatic rings. The average Bonchev–Trinajstić information content (AvgIpc) is 3.11. The SMILES string of the molecule is NC(N)=N[C@H]1CCc2c([nH]c3ccccc23)[C@@H]1NC(=O)C(=O)Nc1ccc(Cl)c(F)c1. The van der Waals surface area contributed by atoms with Crippen LogP contribution in [0.3, 0.4) is 0 Å². The molecule has 0 radical (unpaired) electrons. The van der Waals surface area contributed by atoms with Crippen LogP contribution >= 0.6 is 11.6 Å². The van der Waals surface area contributed by atoms with Crippen molar-refractivity contribution in [3.63, 3.8) is 0 Å².